The summed E-state index contributed by atoms with van der Waals surface area (Å²) in [5.41, 5.74) is 4.17. The molecule has 1 aliphatic carbocycles. The maximum absolute atomic E-state index is 10.6. The number of nitrogens with one attached hydrogen (secondary N) is 1. The van der Waals surface area contributed by atoms with E-state index in [9.17, 15) is 10.2 Å². The van der Waals surface area contributed by atoms with Crippen molar-refractivity contribution in [3.05, 3.63) is 56.4 Å². The summed E-state index contributed by atoms with van der Waals surface area (Å²) in [6.45, 7) is 2.27. The fourth-order valence-electron chi connectivity index (χ4n) is 4.54. The molecular formula is C24H27NO3S2. The van der Waals surface area contributed by atoms with Crippen LogP contribution in [0, 0.1) is 3.95 Å². The van der Waals surface area contributed by atoms with Gasteiger partial charge < -0.3 is 19.9 Å². The minimum Gasteiger partial charge on any atom is -0.508 e. The quantitative estimate of drug-likeness (QED) is 0.385. The lowest BCUT2D eigenvalue weighted by atomic mass is 9.70. The number of aromatic nitrogens is 1. The number of methoxy groups -OCH3 is 1. The lowest BCUT2D eigenvalue weighted by molar-refractivity contribution is 0.308. The van der Waals surface area contributed by atoms with Crippen LogP contribution in [0.25, 0.3) is 11.1 Å². The van der Waals surface area contributed by atoms with Crippen LogP contribution in [0.5, 0.6) is 17.4 Å². The number of rotatable bonds is 5. The molecule has 1 fully saturated rings. The molecule has 1 aliphatic rings. The van der Waals surface area contributed by atoms with Gasteiger partial charge in [0.1, 0.15) is 11.5 Å². The van der Waals surface area contributed by atoms with Crippen LogP contribution >= 0.6 is 23.6 Å². The number of phenols is 1. The van der Waals surface area contributed by atoms with Crippen LogP contribution in [-0.2, 0) is 11.8 Å². The summed E-state index contributed by atoms with van der Waals surface area (Å²) in [6.07, 6.45) is 6.43. The highest BCUT2D eigenvalue weighted by atomic mass is 32.1. The summed E-state index contributed by atoms with van der Waals surface area (Å²) in [6, 6.07) is 12.0. The summed E-state index contributed by atoms with van der Waals surface area (Å²) >= 11 is 6.52. The third-order valence-corrected chi connectivity index (χ3v) is 7.49. The van der Waals surface area contributed by atoms with Gasteiger partial charge >= 0.3 is 0 Å². The van der Waals surface area contributed by atoms with Gasteiger partial charge in [-0.05, 0) is 65.9 Å². The van der Waals surface area contributed by atoms with Gasteiger partial charge in [-0.25, -0.2) is 0 Å². The summed E-state index contributed by atoms with van der Waals surface area (Å²) < 4.78 is 6.11. The number of hydrogen-bond acceptors (Lipinski definition) is 5. The van der Waals surface area contributed by atoms with Crippen molar-refractivity contribution >= 4 is 23.6 Å². The molecular weight excluding hydrogens is 414 g/mol. The molecule has 2 aromatic carbocycles. The number of phenolic OH excluding ortho intramolecular Hbond substituents is 1. The van der Waals surface area contributed by atoms with Crippen molar-refractivity contribution in [1.82, 2.24) is 4.98 Å². The molecule has 0 amide bonds. The van der Waals surface area contributed by atoms with E-state index in [1.165, 1.54) is 30.6 Å². The number of thiazole rings is 1. The summed E-state index contributed by atoms with van der Waals surface area (Å²) in [5, 5.41) is 20.7. The molecule has 1 saturated carbocycles. The molecule has 0 saturated heterocycles. The highest BCUT2D eigenvalue weighted by Gasteiger charge is 2.31. The van der Waals surface area contributed by atoms with Crippen LogP contribution in [0.3, 0.4) is 0 Å². The van der Waals surface area contributed by atoms with Crippen molar-refractivity contribution in [2.45, 2.75) is 50.9 Å². The molecule has 1 heterocycles. The van der Waals surface area contributed by atoms with Gasteiger partial charge in [0.25, 0.3) is 0 Å². The number of aromatic amines is 1. The van der Waals surface area contributed by atoms with E-state index in [4.69, 9.17) is 17.0 Å². The molecule has 0 unspecified atom stereocenters. The molecule has 0 aliphatic heterocycles. The SMILES string of the molecule is COc1ccc(-c2ccc(O)c(C3(C)CCCCC3)c2)cc1Cc1sc(=S)[nH]c1O. The Balaban J connectivity index is 1.73. The number of aromatic hydroxyl groups is 2. The van der Waals surface area contributed by atoms with Crippen LogP contribution in [0.15, 0.2) is 36.4 Å². The molecule has 3 aromatic rings. The average molecular weight is 442 g/mol. The van der Waals surface area contributed by atoms with Crippen LogP contribution in [0.1, 0.15) is 55.0 Å². The summed E-state index contributed by atoms with van der Waals surface area (Å²) in [7, 11) is 1.65. The zero-order valence-electron chi connectivity index (χ0n) is 17.3. The monoisotopic (exact) mass is 441 g/mol. The lowest BCUT2D eigenvalue weighted by Crippen LogP contribution is -2.25. The second-order valence-corrected chi connectivity index (χ2v) is 10.1. The first-order valence-corrected chi connectivity index (χ1v) is 11.5. The number of ether oxygens (including phenoxy) is 1. The van der Waals surface area contributed by atoms with E-state index in [0.29, 0.717) is 16.1 Å². The zero-order valence-corrected chi connectivity index (χ0v) is 19.0. The maximum atomic E-state index is 10.6. The number of benzene rings is 2. The van der Waals surface area contributed by atoms with Crippen molar-refractivity contribution in [2.24, 2.45) is 0 Å². The van der Waals surface area contributed by atoms with Crippen molar-refractivity contribution in [3.8, 4) is 28.5 Å². The standard InChI is InChI=1S/C24H27NO3S2/c1-24(10-4-3-5-11-24)18-13-16(6-8-19(18)26)15-7-9-20(28-2)17(12-15)14-21-22(27)25-23(29)30-21/h6-9,12-13,26-27H,3-5,10-11,14H2,1-2H3,(H,25,29). The Hall–Kier alpha value is -2.31. The zero-order chi connectivity index (χ0) is 21.3. The normalized spacial score (nSPS) is 15.8. The topological polar surface area (TPSA) is 65.5 Å². The third kappa shape index (κ3) is 4.12. The van der Waals surface area contributed by atoms with Crippen LogP contribution in [-0.4, -0.2) is 22.3 Å². The molecule has 6 heteroatoms. The smallest absolute Gasteiger partial charge is 0.203 e. The van der Waals surface area contributed by atoms with E-state index in [1.807, 2.05) is 24.3 Å². The molecule has 158 valence electrons. The van der Waals surface area contributed by atoms with E-state index in [2.05, 4.69) is 24.0 Å². The van der Waals surface area contributed by atoms with Crippen molar-refractivity contribution in [1.29, 1.82) is 0 Å². The largest absolute Gasteiger partial charge is 0.508 e. The Labute approximate surface area is 186 Å². The van der Waals surface area contributed by atoms with Crippen LogP contribution < -0.4 is 4.74 Å². The minimum atomic E-state index is 0.0199. The fraction of sp³-hybridized carbons (Fsp3) is 0.375. The van der Waals surface area contributed by atoms with Crippen molar-refractivity contribution in [3.63, 3.8) is 0 Å². The summed E-state index contributed by atoms with van der Waals surface area (Å²) in [4.78, 5) is 3.57. The Bertz CT molecular complexity index is 1110. The van der Waals surface area contributed by atoms with E-state index in [-0.39, 0.29) is 11.3 Å². The third-order valence-electron chi connectivity index (χ3n) is 6.27. The van der Waals surface area contributed by atoms with Gasteiger partial charge in [0.15, 0.2) is 3.95 Å². The molecule has 1 aromatic heterocycles. The molecule has 0 bridgehead atoms. The van der Waals surface area contributed by atoms with Gasteiger partial charge in [-0.2, -0.15) is 0 Å². The highest BCUT2D eigenvalue weighted by Crippen LogP contribution is 2.44. The maximum Gasteiger partial charge on any atom is 0.203 e. The van der Waals surface area contributed by atoms with Gasteiger partial charge in [0.05, 0.1) is 12.0 Å². The predicted octanol–water partition coefficient (Wildman–Crippen LogP) is 6.71. The lowest BCUT2D eigenvalue weighted by Gasteiger charge is -2.35. The van der Waals surface area contributed by atoms with Gasteiger partial charge in [0, 0.05) is 17.5 Å². The Morgan fingerprint density at radius 2 is 1.77 bits per heavy atom. The van der Waals surface area contributed by atoms with E-state index >= 15 is 0 Å². The van der Waals surface area contributed by atoms with Crippen molar-refractivity contribution in [2.75, 3.05) is 7.11 Å². The number of H-pyrrole nitrogens is 1. The van der Waals surface area contributed by atoms with Crippen molar-refractivity contribution < 1.29 is 14.9 Å². The molecule has 3 N–H and O–H groups in total. The van der Waals surface area contributed by atoms with Gasteiger partial charge in [-0.15, -0.1) is 11.3 Å². The fourth-order valence-corrected chi connectivity index (χ4v) is 5.69. The average Bonchev–Trinajstić information content (AvgIpc) is 3.05. The van der Waals surface area contributed by atoms with Gasteiger partial charge in [-0.1, -0.05) is 38.3 Å². The van der Waals surface area contributed by atoms with Crippen LogP contribution in [0.4, 0.5) is 0 Å². The molecule has 30 heavy (non-hydrogen) atoms. The molecule has 4 nitrogen and oxygen atoms in total. The molecule has 4 rings (SSSR count). The Morgan fingerprint density at radius 1 is 1.07 bits per heavy atom. The first kappa shape index (κ1) is 20.9. The first-order chi connectivity index (χ1) is 14.4. The highest BCUT2D eigenvalue weighted by molar-refractivity contribution is 7.73. The molecule has 0 spiro atoms. The van der Waals surface area contributed by atoms with E-state index in [0.717, 1.165) is 45.7 Å². The van der Waals surface area contributed by atoms with Crippen LogP contribution in [0.2, 0.25) is 0 Å². The molecule has 0 atom stereocenters. The second-order valence-electron chi connectivity index (χ2n) is 8.34. The predicted molar refractivity (Wildman–Crippen MR) is 125 cm³/mol. The minimum absolute atomic E-state index is 0.0199. The second kappa shape index (κ2) is 8.44. The van der Waals surface area contributed by atoms with Gasteiger partial charge in [0.2, 0.25) is 5.88 Å². The Morgan fingerprint density at radius 3 is 2.43 bits per heavy atom. The summed E-state index contributed by atoms with van der Waals surface area (Å²) in [5.74, 6) is 1.28. The molecule has 0 radical (unpaired) electrons. The Kier molecular flexibility index (Phi) is 5.89. The first-order valence-electron chi connectivity index (χ1n) is 10.3. The van der Waals surface area contributed by atoms with E-state index in [1.54, 1.807) is 7.11 Å². The van der Waals surface area contributed by atoms with Gasteiger partial charge in [-0.3, -0.25) is 0 Å². The van der Waals surface area contributed by atoms with E-state index < -0.39 is 0 Å². The number of hydrogen-bond donors (Lipinski definition) is 3.